The molecule has 1 amide bonds. The summed E-state index contributed by atoms with van der Waals surface area (Å²) in [6.07, 6.45) is 3.59. The highest BCUT2D eigenvalue weighted by Gasteiger charge is 2.18. The van der Waals surface area contributed by atoms with Crippen molar-refractivity contribution < 1.29 is 19.1 Å². The third-order valence-corrected chi connectivity index (χ3v) is 3.67. The van der Waals surface area contributed by atoms with E-state index in [0.717, 1.165) is 5.56 Å². The van der Waals surface area contributed by atoms with Gasteiger partial charge in [0.15, 0.2) is 0 Å². The van der Waals surface area contributed by atoms with Crippen molar-refractivity contribution in [3.8, 4) is 5.75 Å². The minimum absolute atomic E-state index is 0.0682. The van der Waals surface area contributed by atoms with Gasteiger partial charge in [0.05, 0.1) is 19.6 Å². The average molecular weight is 356 g/mol. The summed E-state index contributed by atoms with van der Waals surface area (Å²) < 4.78 is 10.3. The van der Waals surface area contributed by atoms with Crippen LogP contribution in [-0.4, -0.2) is 41.5 Å². The number of amides is 1. The third kappa shape index (κ3) is 5.88. The number of ether oxygens (including phenoxy) is 2. The van der Waals surface area contributed by atoms with Crippen molar-refractivity contribution in [2.45, 2.75) is 32.9 Å². The Bertz CT molecular complexity index is 714. The number of aromatic nitrogens is 1. The van der Waals surface area contributed by atoms with Gasteiger partial charge in [-0.2, -0.15) is 0 Å². The maximum atomic E-state index is 12.9. The fraction of sp³-hybridized carbons (Fsp3) is 0.350. The van der Waals surface area contributed by atoms with Crippen LogP contribution in [0.3, 0.4) is 0 Å². The van der Waals surface area contributed by atoms with Gasteiger partial charge in [-0.3, -0.25) is 14.6 Å². The molecule has 0 fully saturated rings. The number of rotatable bonds is 8. The van der Waals surface area contributed by atoms with Gasteiger partial charge in [0, 0.05) is 31.0 Å². The van der Waals surface area contributed by atoms with Gasteiger partial charge >= 0.3 is 5.97 Å². The first-order valence-corrected chi connectivity index (χ1v) is 8.51. The number of carbonyl (C=O) groups is 2. The quantitative estimate of drug-likeness (QED) is 0.680. The molecule has 0 aliphatic carbocycles. The minimum atomic E-state index is -0.352. The van der Waals surface area contributed by atoms with Gasteiger partial charge in [-0.05, 0) is 49.7 Å². The molecule has 6 heteroatoms. The number of hydrogen-bond acceptors (Lipinski definition) is 5. The Morgan fingerprint density at radius 3 is 2.46 bits per heavy atom. The molecule has 1 aromatic heterocycles. The Labute approximate surface area is 153 Å². The summed E-state index contributed by atoms with van der Waals surface area (Å²) in [5.74, 6) is 0.202. The molecule has 6 nitrogen and oxygen atoms in total. The number of pyridine rings is 1. The average Bonchev–Trinajstić information content (AvgIpc) is 2.65. The van der Waals surface area contributed by atoms with Gasteiger partial charge in [-0.15, -0.1) is 0 Å². The van der Waals surface area contributed by atoms with Crippen molar-refractivity contribution in [2.24, 2.45) is 0 Å². The van der Waals surface area contributed by atoms with Crippen molar-refractivity contribution in [2.75, 3.05) is 13.7 Å². The van der Waals surface area contributed by atoms with Crippen molar-refractivity contribution in [1.29, 1.82) is 0 Å². The standard InChI is InChI=1S/C20H24N2O4/c1-15(2)26-18-8-6-17(7-9-18)20(24)22(12-10-19(23)25-3)14-16-5-4-11-21-13-16/h4-9,11,13,15H,10,12,14H2,1-3H3. The third-order valence-electron chi connectivity index (χ3n) is 3.67. The van der Waals surface area contributed by atoms with E-state index in [-0.39, 0.29) is 30.9 Å². The van der Waals surface area contributed by atoms with Crippen LogP contribution < -0.4 is 4.74 Å². The SMILES string of the molecule is COC(=O)CCN(Cc1cccnc1)C(=O)c1ccc(OC(C)C)cc1. The van der Waals surface area contributed by atoms with E-state index < -0.39 is 0 Å². The molecule has 0 aliphatic heterocycles. The maximum absolute atomic E-state index is 12.9. The Kier molecular flexibility index (Phi) is 7.14. The van der Waals surface area contributed by atoms with E-state index in [2.05, 4.69) is 9.72 Å². The van der Waals surface area contributed by atoms with E-state index >= 15 is 0 Å². The van der Waals surface area contributed by atoms with Crippen LogP contribution in [0.15, 0.2) is 48.8 Å². The molecule has 0 aliphatic rings. The molecule has 1 heterocycles. The topological polar surface area (TPSA) is 68.7 Å². The molecule has 0 atom stereocenters. The van der Waals surface area contributed by atoms with Gasteiger partial charge in [0.25, 0.3) is 5.91 Å². The molecule has 1 aromatic carbocycles. The van der Waals surface area contributed by atoms with Gasteiger partial charge in [-0.1, -0.05) is 6.07 Å². The minimum Gasteiger partial charge on any atom is -0.491 e. The second-order valence-corrected chi connectivity index (χ2v) is 6.11. The van der Waals surface area contributed by atoms with E-state index in [9.17, 15) is 9.59 Å². The molecule has 0 saturated heterocycles. The number of carbonyl (C=O) groups excluding carboxylic acids is 2. The second-order valence-electron chi connectivity index (χ2n) is 6.11. The van der Waals surface area contributed by atoms with Crippen molar-refractivity contribution in [1.82, 2.24) is 9.88 Å². The molecular weight excluding hydrogens is 332 g/mol. The molecule has 0 radical (unpaired) electrons. The molecule has 0 unspecified atom stereocenters. The smallest absolute Gasteiger partial charge is 0.307 e. The summed E-state index contributed by atoms with van der Waals surface area (Å²) in [6, 6.07) is 10.7. The normalized spacial score (nSPS) is 10.5. The molecule has 0 saturated carbocycles. The van der Waals surface area contributed by atoms with Crippen LogP contribution in [-0.2, 0) is 16.1 Å². The fourth-order valence-electron chi connectivity index (χ4n) is 2.42. The lowest BCUT2D eigenvalue weighted by molar-refractivity contribution is -0.140. The van der Waals surface area contributed by atoms with Crippen LogP contribution in [0.4, 0.5) is 0 Å². The number of hydrogen-bond donors (Lipinski definition) is 0. The zero-order chi connectivity index (χ0) is 18.9. The van der Waals surface area contributed by atoms with Crippen LogP contribution in [0.2, 0.25) is 0 Å². The van der Waals surface area contributed by atoms with Crippen LogP contribution in [0.5, 0.6) is 5.75 Å². The lowest BCUT2D eigenvalue weighted by Crippen LogP contribution is -2.32. The molecule has 26 heavy (non-hydrogen) atoms. The lowest BCUT2D eigenvalue weighted by atomic mass is 10.1. The number of benzene rings is 1. The van der Waals surface area contributed by atoms with Gasteiger partial charge < -0.3 is 14.4 Å². The van der Waals surface area contributed by atoms with E-state index in [1.807, 2.05) is 26.0 Å². The van der Waals surface area contributed by atoms with Crippen molar-refractivity contribution in [3.05, 3.63) is 59.9 Å². The highest BCUT2D eigenvalue weighted by atomic mass is 16.5. The summed E-state index contributed by atoms with van der Waals surface area (Å²) >= 11 is 0. The van der Waals surface area contributed by atoms with Crippen molar-refractivity contribution >= 4 is 11.9 Å². The number of nitrogens with zero attached hydrogens (tertiary/aromatic N) is 2. The molecule has 138 valence electrons. The molecule has 0 N–H and O–H groups in total. The predicted octanol–water partition coefficient (Wildman–Crippen LogP) is 3.07. The monoisotopic (exact) mass is 356 g/mol. The van der Waals surface area contributed by atoms with Gasteiger partial charge in [0.1, 0.15) is 5.75 Å². The van der Waals surface area contributed by atoms with Crippen LogP contribution in [0, 0.1) is 0 Å². The zero-order valence-corrected chi connectivity index (χ0v) is 15.3. The van der Waals surface area contributed by atoms with Crippen LogP contribution >= 0.6 is 0 Å². The van der Waals surface area contributed by atoms with Gasteiger partial charge in [-0.25, -0.2) is 0 Å². The van der Waals surface area contributed by atoms with Crippen LogP contribution in [0.25, 0.3) is 0 Å². The largest absolute Gasteiger partial charge is 0.491 e. The molecule has 2 aromatic rings. The zero-order valence-electron chi connectivity index (χ0n) is 15.3. The van der Waals surface area contributed by atoms with Gasteiger partial charge in [0.2, 0.25) is 0 Å². The summed E-state index contributed by atoms with van der Waals surface area (Å²) in [4.78, 5) is 30.1. The lowest BCUT2D eigenvalue weighted by Gasteiger charge is -2.22. The Morgan fingerprint density at radius 1 is 1.15 bits per heavy atom. The van der Waals surface area contributed by atoms with E-state index in [1.165, 1.54) is 7.11 Å². The van der Waals surface area contributed by atoms with E-state index in [0.29, 0.717) is 17.9 Å². The first-order valence-electron chi connectivity index (χ1n) is 8.51. The second kappa shape index (κ2) is 9.56. The summed E-state index contributed by atoms with van der Waals surface area (Å²) in [6.45, 7) is 4.53. The number of esters is 1. The Hall–Kier alpha value is -2.89. The van der Waals surface area contributed by atoms with E-state index in [1.54, 1.807) is 41.6 Å². The first kappa shape index (κ1) is 19.4. The molecule has 0 bridgehead atoms. The highest BCUT2D eigenvalue weighted by molar-refractivity contribution is 5.94. The molecule has 2 rings (SSSR count). The molecule has 0 spiro atoms. The molecular formula is C20H24N2O4. The summed E-state index contributed by atoms with van der Waals surface area (Å²) in [7, 11) is 1.34. The summed E-state index contributed by atoms with van der Waals surface area (Å²) in [5.41, 5.74) is 1.43. The summed E-state index contributed by atoms with van der Waals surface area (Å²) in [5, 5.41) is 0. The Balaban J connectivity index is 2.14. The Morgan fingerprint density at radius 2 is 1.88 bits per heavy atom. The number of methoxy groups -OCH3 is 1. The first-order chi connectivity index (χ1) is 12.5. The van der Waals surface area contributed by atoms with Crippen LogP contribution in [0.1, 0.15) is 36.2 Å². The fourth-order valence-corrected chi connectivity index (χ4v) is 2.42. The van der Waals surface area contributed by atoms with Crippen molar-refractivity contribution in [3.63, 3.8) is 0 Å². The highest BCUT2D eigenvalue weighted by Crippen LogP contribution is 2.16. The maximum Gasteiger partial charge on any atom is 0.307 e. The van der Waals surface area contributed by atoms with E-state index in [4.69, 9.17) is 4.74 Å². The predicted molar refractivity (Wildman–Crippen MR) is 97.8 cm³/mol.